The number of allylic oxidation sites excluding steroid dienone is 1. The monoisotopic (exact) mass is 606 g/mol. The normalized spacial score (nSPS) is 15.9. The zero-order valence-corrected chi connectivity index (χ0v) is 24.1. The van der Waals surface area contributed by atoms with Crippen molar-refractivity contribution < 1.29 is 23.8 Å². The molecule has 3 aromatic rings. The summed E-state index contributed by atoms with van der Waals surface area (Å²) in [5.74, 6) is -1.67. The van der Waals surface area contributed by atoms with E-state index in [0.717, 1.165) is 0 Å². The van der Waals surface area contributed by atoms with Gasteiger partial charge in [0.1, 0.15) is 0 Å². The van der Waals surface area contributed by atoms with Crippen LogP contribution in [0.5, 0.6) is 0 Å². The van der Waals surface area contributed by atoms with E-state index < -0.39 is 24.0 Å². The molecule has 41 heavy (non-hydrogen) atoms. The second-order valence-electron chi connectivity index (χ2n) is 8.62. The predicted molar refractivity (Wildman–Crippen MR) is 148 cm³/mol. The first kappa shape index (κ1) is 29.8. The van der Waals surface area contributed by atoms with E-state index in [4.69, 9.17) is 43.1 Å². The molecule has 1 aromatic carbocycles. The van der Waals surface area contributed by atoms with Crippen LogP contribution in [0.15, 0.2) is 40.7 Å². The van der Waals surface area contributed by atoms with Gasteiger partial charge in [-0.2, -0.15) is 4.98 Å². The fraction of sp³-hybridized carbons (Fsp3) is 0.375. The molecule has 1 aliphatic heterocycles. The molecule has 2 atom stereocenters. The van der Waals surface area contributed by atoms with E-state index in [1.807, 2.05) is 0 Å². The van der Waals surface area contributed by atoms with Crippen molar-refractivity contribution in [3.05, 3.63) is 62.2 Å². The summed E-state index contributed by atoms with van der Waals surface area (Å²) in [6, 6.07) is 4.94. The van der Waals surface area contributed by atoms with E-state index in [1.54, 1.807) is 32.0 Å². The number of rotatable bonds is 11. The van der Waals surface area contributed by atoms with Crippen LogP contribution in [-0.4, -0.2) is 74.7 Å². The van der Waals surface area contributed by atoms with Gasteiger partial charge in [0.05, 0.1) is 53.1 Å². The number of dihydropyridines is 1. The third kappa shape index (κ3) is 6.11. The summed E-state index contributed by atoms with van der Waals surface area (Å²) in [4.78, 5) is 30.7. The van der Waals surface area contributed by atoms with Crippen molar-refractivity contribution in [2.24, 2.45) is 0 Å². The summed E-state index contributed by atoms with van der Waals surface area (Å²) < 4.78 is 17.9. The van der Waals surface area contributed by atoms with E-state index >= 15 is 0 Å². The van der Waals surface area contributed by atoms with Gasteiger partial charge in [-0.25, -0.2) is 19.4 Å². The highest BCUT2D eigenvalue weighted by molar-refractivity contribution is 6.42. The van der Waals surface area contributed by atoms with E-state index in [2.05, 4.69) is 41.3 Å². The number of nitrogens with two attached hydrogens (primary N) is 1. The minimum absolute atomic E-state index is 0.0543. The molecule has 0 radical (unpaired) electrons. The van der Waals surface area contributed by atoms with Crippen LogP contribution in [0, 0.1) is 0 Å². The van der Waals surface area contributed by atoms with E-state index in [0.29, 0.717) is 23.8 Å². The van der Waals surface area contributed by atoms with Gasteiger partial charge in [0.15, 0.2) is 11.9 Å². The van der Waals surface area contributed by atoms with Crippen molar-refractivity contribution in [3.63, 3.8) is 0 Å². The first-order valence-electron chi connectivity index (χ1n) is 12.3. The quantitative estimate of drug-likeness (QED) is 0.232. The SMILES string of the molecule is CCOC(=O)C1=C(C(OC)c2nnnn2CCNc2nc(N)n[nH]2)NC(C)=C(C(=O)OC)C1c1cccc(Cl)c1Cl. The lowest BCUT2D eigenvalue weighted by Crippen LogP contribution is -2.36. The van der Waals surface area contributed by atoms with E-state index in [1.165, 1.54) is 18.9 Å². The molecule has 4 rings (SSSR count). The number of tetrazole rings is 1. The zero-order valence-electron chi connectivity index (χ0n) is 22.6. The van der Waals surface area contributed by atoms with Crippen LogP contribution in [0.3, 0.4) is 0 Å². The van der Waals surface area contributed by atoms with Gasteiger partial charge in [-0.1, -0.05) is 35.3 Å². The predicted octanol–water partition coefficient (Wildman–Crippen LogP) is 2.13. The summed E-state index contributed by atoms with van der Waals surface area (Å²) in [6.45, 7) is 4.02. The standard InChI is InChI=1S/C24H28Cl2N10O5/c1-5-41-22(38)16-15(12-7-6-8-13(25)17(12)26)14(21(37)40-4)11(2)29-18(16)19(39-3)20-31-34-35-36(20)10-9-28-24-30-23(27)32-33-24/h6-8,15,19,29H,5,9-10H2,1-4H3,(H4,27,28,30,32,33). The van der Waals surface area contributed by atoms with Crippen molar-refractivity contribution >= 4 is 47.0 Å². The lowest BCUT2D eigenvalue weighted by Gasteiger charge is -2.34. The average molecular weight is 607 g/mol. The van der Waals surface area contributed by atoms with Gasteiger partial charge in [0.25, 0.3) is 0 Å². The Bertz CT molecular complexity index is 1500. The maximum absolute atomic E-state index is 13.6. The second-order valence-corrected chi connectivity index (χ2v) is 9.41. The molecule has 2 unspecified atom stereocenters. The summed E-state index contributed by atoms with van der Waals surface area (Å²) in [5.41, 5.74) is 6.79. The van der Waals surface area contributed by atoms with Gasteiger partial charge in [0, 0.05) is 19.4 Å². The molecule has 17 heteroatoms. The number of aromatic nitrogens is 7. The molecule has 218 valence electrons. The number of nitrogens with zero attached hydrogens (tertiary/aromatic N) is 6. The van der Waals surface area contributed by atoms with Crippen molar-refractivity contribution in [1.82, 2.24) is 40.7 Å². The van der Waals surface area contributed by atoms with E-state index in [-0.39, 0.29) is 51.8 Å². The summed E-state index contributed by atoms with van der Waals surface area (Å²) >= 11 is 13.0. The fourth-order valence-corrected chi connectivity index (χ4v) is 4.89. The van der Waals surface area contributed by atoms with Crippen molar-refractivity contribution in [2.75, 3.05) is 38.4 Å². The molecule has 0 saturated heterocycles. The molecule has 0 bridgehead atoms. The minimum Gasteiger partial charge on any atom is -0.466 e. The highest BCUT2D eigenvalue weighted by atomic mass is 35.5. The molecule has 15 nitrogen and oxygen atoms in total. The minimum atomic E-state index is -1.02. The van der Waals surface area contributed by atoms with E-state index in [9.17, 15) is 9.59 Å². The van der Waals surface area contributed by atoms with Crippen LogP contribution in [0.1, 0.15) is 37.3 Å². The maximum Gasteiger partial charge on any atom is 0.336 e. The number of anilines is 2. The van der Waals surface area contributed by atoms with Crippen molar-refractivity contribution in [3.8, 4) is 0 Å². The Morgan fingerprint density at radius 3 is 2.66 bits per heavy atom. The molecule has 3 heterocycles. The number of carbonyl (C=O) groups is 2. The first-order chi connectivity index (χ1) is 19.7. The molecule has 2 aromatic heterocycles. The third-order valence-electron chi connectivity index (χ3n) is 6.20. The van der Waals surface area contributed by atoms with Gasteiger partial charge in [0.2, 0.25) is 11.9 Å². The van der Waals surface area contributed by atoms with Gasteiger partial charge < -0.3 is 30.6 Å². The number of ether oxygens (including phenoxy) is 3. The number of hydrogen-bond acceptors (Lipinski definition) is 13. The number of nitrogen functional groups attached to an aromatic ring is 1. The topological polar surface area (TPSA) is 197 Å². The molecule has 0 saturated carbocycles. The van der Waals surface area contributed by atoms with Crippen LogP contribution in [0.25, 0.3) is 0 Å². The highest BCUT2D eigenvalue weighted by Gasteiger charge is 2.43. The molecule has 0 aliphatic carbocycles. The van der Waals surface area contributed by atoms with Gasteiger partial charge in [-0.05, 0) is 35.9 Å². The Hall–Kier alpha value is -4.21. The molecular formula is C24H28Cl2N10O5. The Kier molecular flexibility index (Phi) is 9.42. The summed E-state index contributed by atoms with van der Waals surface area (Å²) in [5, 5.41) is 25.1. The van der Waals surface area contributed by atoms with Crippen LogP contribution in [0.2, 0.25) is 10.0 Å². The Morgan fingerprint density at radius 1 is 1.22 bits per heavy atom. The number of halogens is 2. The number of hydrogen-bond donors (Lipinski definition) is 4. The number of aromatic amines is 1. The second kappa shape index (κ2) is 13.0. The largest absolute Gasteiger partial charge is 0.466 e. The molecule has 0 amide bonds. The van der Waals surface area contributed by atoms with Crippen LogP contribution in [-0.2, 0) is 30.3 Å². The average Bonchev–Trinajstić information content (AvgIpc) is 3.59. The Balaban J connectivity index is 1.83. The van der Waals surface area contributed by atoms with Crippen molar-refractivity contribution in [1.29, 1.82) is 0 Å². The lowest BCUT2D eigenvalue weighted by molar-refractivity contribution is -0.139. The van der Waals surface area contributed by atoms with Crippen LogP contribution >= 0.6 is 23.2 Å². The van der Waals surface area contributed by atoms with Crippen molar-refractivity contribution in [2.45, 2.75) is 32.4 Å². The molecule has 1 aliphatic rings. The first-order valence-corrected chi connectivity index (χ1v) is 13.1. The number of H-pyrrole nitrogens is 1. The molecular weight excluding hydrogens is 579 g/mol. The summed E-state index contributed by atoms with van der Waals surface area (Å²) in [7, 11) is 2.68. The number of carbonyl (C=O) groups excluding carboxylic acids is 2. The molecule has 0 fully saturated rings. The zero-order chi connectivity index (χ0) is 29.7. The lowest BCUT2D eigenvalue weighted by atomic mass is 9.79. The smallest absolute Gasteiger partial charge is 0.336 e. The fourth-order valence-electron chi connectivity index (χ4n) is 4.48. The Morgan fingerprint density at radius 2 is 2.00 bits per heavy atom. The maximum atomic E-state index is 13.6. The number of esters is 2. The summed E-state index contributed by atoms with van der Waals surface area (Å²) in [6.07, 6.45) is -1.00. The number of benzene rings is 1. The molecule has 5 N–H and O–H groups in total. The molecule has 0 spiro atoms. The number of methoxy groups -OCH3 is 2. The highest BCUT2D eigenvalue weighted by Crippen LogP contribution is 2.45. The van der Waals surface area contributed by atoms with Gasteiger partial charge in [-0.15, -0.1) is 10.2 Å². The number of nitrogens with one attached hydrogen (secondary N) is 3. The van der Waals surface area contributed by atoms with Crippen LogP contribution in [0.4, 0.5) is 11.9 Å². The third-order valence-corrected chi connectivity index (χ3v) is 7.03. The van der Waals surface area contributed by atoms with Gasteiger partial charge in [-0.3, -0.25) is 0 Å². The Labute approximate surface area is 244 Å². The van der Waals surface area contributed by atoms with Crippen LogP contribution < -0.4 is 16.4 Å². The van der Waals surface area contributed by atoms with Gasteiger partial charge >= 0.3 is 11.9 Å².